The van der Waals surface area contributed by atoms with Crippen LogP contribution >= 0.6 is 0 Å². The van der Waals surface area contributed by atoms with Gasteiger partial charge in [0, 0.05) is 37.1 Å². The molecule has 0 aliphatic carbocycles. The van der Waals surface area contributed by atoms with Crippen LogP contribution in [0.15, 0.2) is 30.7 Å². The zero-order valence-corrected chi connectivity index (χ0v) is 14.1. The molecule has 2 fully saturated rings. The third-order valence-corrected chi connectivity index (χ3v) is 5.66. The molecule has 0 saturated carbocycles. The van der Waals surface area contributed by atoms with Crippen molar-refractivity contribution in [3.63, 3.8) is 0 Å². The summed E-state index contributed by atoms with van der Waals surface area (Å²) in [6.07, 6.45) is 3.51. The van der Waals surface area contributed by atoms with Crippen molar-refractivity contribution >= 4 is 28.0 Å². The minimum atomic E-state index is 0.693. The Bertz CT molecular complexity index is 1100. The number of fused-ring (bicyclic) bond motifs is 3. The number of aromatic amines is 2. The van der Waals surface area contributed by atoms with Gasteiger partial charge in [-0.05, 0) is 17.9 Å². The van der Waals surface area contributed by atoms with Crippen molar-refractivity contribution in [2.75, 3.05) is 31.1 Å². The van der Waals surface area contributed by atoms with Gasteiger partial charge in [-0.25, -0.2) is 9.97 Å². The Hall–Kier alpha value is -3.00. The van der Waals surface area contributed by atoms with Crippen molar-refractivity contribution in [2.24, 2.45) is 11.8 Å². The summed E-state index contributed by atoms with van der Waals surface area (Å²) in [5, 5.41) is 11.7. The maximum absolute atomic E-state index is 4.93. The van der Waals surface area contributed by atoms with Crippen LogP contribution in [-0.2, 0) is 0 Å². The highest BCUT2D eigenvalue weighted by Crippen LogP contribution is 2.32. The number of aromatic nitrogens is 6. The van der Waals surface area contributed by atoms with Crippen LogP contribution in [0.1, 0.15) is 0 Å². The second-order valence-electron chi connectivity index (χ2n) is 7.23. The fourth-order valence-corrected chi connectivity index (χ4v) is 4.28. The predicted octanol–water partition coefficient (Wildman–Crippen LogP) is 1.55. The summed E-state index contributed by atoms with van der Waals surface area (Å²) in [4.78, 5) is 19.5. The van der Waals surface area contributed by atoms with E-state index in [1.54, 1.807) is 6.33 Å². The maximum Gasteiger partial charge on any atom is 0.228 e. The molecular formula is C18H18N8. The van der Waals surface area contributed by atoms with Gasteiger partial charge in [0.1, 0.15) is 11.2 Å². The minimum absolute atomic E-state index is 0.693. The Balaban J connectivity index is 1.48. The lowest BCUT2D eigenvalue weighted by Crippen LogP contribution is -2.27. The van der Waals surface area contributed by atoms with E-state index in [2.05, 4.69) is 48.6 Å². The molecule has 5 heterocycles. The quantitative estimate of drug-likeness (QED) is 0.509. The second kappa shape index (κ2) is 5.25. The van der Waals surface area contributed by atoms with Gasteiger partial charge in [0.15, 0.2) is 5.65 Å². The van der Waals surface area contributed by atoms with Gasteiger partial charge in [-0.15, -0.1) is 0 Å². The highest BCUT2D eigenvalue weighted by molar-refractivity contribution is 5.91. The van der Waals surface area contributed by atoms with Gasteiger partial charge in [0.05, 0.1) is 18.0 Å². The zero-order valence-electron chi connectivity index (χ0n) is 14.1. The highest BCUT2D eigenvalue weighted by atomic mass is 15.3. The van der Waals surface area contributed by atoms with E-state index in [4.69, 9.17) is 9.97 Å². The second-order valence-corrected chi connectivity index (χ2v) is 7.23. The Labute approximate surface area is 149 Å². The number of nitrogens with zero attached hydrogens (tertiary/aromatic N) is 5. The SMILES string of the molecule is c1nc2nc(N3CC4CNCC4C3)nc(-c3ccc4cn[nH]c4c3)c2[nH]1. The van der Waals surface area contributed by atoms with E-state index < -0.39 is 0 Å². The Morgan fingerprint density at radius 1 is 1.08 bits per heavy atom. The zero-order chi connectivity index (χ0) is 17.1. The van der Waals surface area contributed by atoms with E-state index >= 15 is 0 Å². The smallest absolute Gasteiger partial charge is 0.228 e. The van der Waals surface area contributed by atoms with Crippen LogP contribution in [0.4, 0.5) is 5.95 Å². The van der Waals surface area contributed by atoms with Crippen LogP contribution in [0.25, 0.3) is 33.3 Å². The molecule has 2 unspecified atom stereocenters. The highest BCUT2D eigenvalue weighted by Gasteiger charge is 2.37. The number of nitrogens with one attached hydrogen (secondary N) is 3. The van der Waals surface area contributed by atoms with Gasteiger partial charge in [0.2, 0.25) is 5.95 Å². The van der Waals surface area contributed by atoms with Gasteiger partial charge in [-0.3, -0.25) is 5.10 Å². The van der Waals surface area contributed by atoms with E-state index in [9.17, 15) is 0 Å². The molecule has 8 heteroatoms. The fourth-order valence-electron chi connectivity index (χ4n) is 4.28. The summed E-state index contributed by atoms with van der Waals surface area (Å²) in [7, 11) is 0. The van der Waals surface area contributed by atoms with Crippen LogP contribution in [0.3, 0.4) is 0 Å². The summed E-state index contributed by atoms with van der Waals surface area (Å²) < 4.78 is 0. The molecule has 3 aromatic heterocycles. The van der Waals surface area contributed by atoms with Crippen molar-refractivity contribution in [3.05, 3.63) is 30.7 Å². The molecule has 4 aromatic rings. The monoisotopic (exact) mass is 346 g/mol. The first-order chi connectivity index (χ1) is 12.8. The summed E-state index contributed by atoms with van der Waals surface area (Å²) >= 11 is 0. The molecule has 0 amide bonds. The number of rotatable bonds is 2. The van der Waals surface area contributed by atoms with Gasteiger partial charge < -0.3 is 15.2 Å². The third kappa shape index (κ3) is 2.05. The lowest BCUT2D eigenvalue weighted by molar-refractivity contribution is 0.533. The number of H-pyrrole nitrogens is 2. The van der Waals surface area contributed by atoms with E-state index in [1.807, 2.05) is 6.20 Å². The van der Waals surface area contributed by atoms with Crippen LogP contribution in [0.5, 0.6) is 0 Å². The molecule has 0 radical (unpaired) electrons. The molecular weight excluding hydrogens is 328 g/mol. The van der Waals surface area contributed by atoms with E-state index in [1.165, 1.54) is 0 Å². The first-order valence-corrected chi connectivity index (χ1v) is 8.95. The standard InChI is InChI=1S/C18H18N8/c1-2-11-6-22-25-14(11)3-10(1)15-16-17(21-9-20-16)24-18(23-15)26-7-12-4-19-5-13(12)8-26/h1-3,6,9,12-13,19H,4-5,7-8H2,(H,22,25)(H,20,21,23,24). The lowest BCUT2D eigenvalue weighted by atomic mass is 10.0. The van der Waals surface area contributed by atoms with Gasteiger partial charge in [-0.2, -0.15) is 10.1 Å². The number of anilines is 1. The molecule has 2 aliphatic rings. The van der Waals surface area contributed by atoms with E-state index in [-0.39, 0.29) is 0 Å². The van der Waals surface area contributed by atoms with Crippen LogP contribution < -0.4 is 10.2 Å². The van der Waals surface area contributed by atoms with Crippen LogP contribution in [0, 0.1) is 11.8 Å². The summed E-state index contributed by atoms with van der Waals surface area (Å²) in [5.74, 6) is 2.16. The van der Waals surface area contributed by atoms with Crippen molar-refractivity contribution in [1.29, 1.82) is 0 Å². The largest absolute Gasteiger partial charge is 0.341 e. The Kier molecular flexibility index (Phi) is 2.87. The summed E-state index contributed by atoms with van der Waals surface area (Å²) in [6, 6.07) is 6.22. The van der Waals surface area contributed by atoms with Crippen molar-refractivity contribution in [3.8, 4) is 11.3 Å². The molecule has 2 saturated heterocycles. The molecule has 1 aromatic carbocycles. The molecule has 8 nitrogen and oxygen atoms in total. The molecule has 0 bridgehead atoms. The average molecular weight is 346 g/mol. The lowest BCUT2D eigenvalue weighted by Gasteiger charge is -2.18. The summed E-state index contributed by atoms with van der Waals surface area (Å²) in [6.45, 7) is 4.20. The van der Waals surface area contributed by atoms with Crippen molar-refractivity contribution < 1.29 is 0 Å². The van der Waals surface area contributed by atoms with Crippen LogP contribution in [0.2, 0.25) is 0 Å². The number of benzene rings is 1. The number of hydrogen-bond acceptors (Lipinski definition) is 6. The van der Waals surface area contributed by atoms with E-state index in [0.717, 1.165) is 59.8 Å². The van der Waals surface area contributed by atoms with E-state index in [0.29, 0.717) is 17.5 Å². The van der Waals surface area contributed by atoms with Gasteiger partial charge >= 0.3 is 0 Å². The topological polar surface area (TPSA) is 98.4 Å². The molecule has 2 atom stereocenters. The van der Waals surface area contributed by atoms with Gasteiger partial charge in [0.25, 0.3) is 0 Å². The first-order valence-electron chi connectivity index (χ1n) is 8.95. The molecule has 26 heavy (non-hydrogen) atoms. The van der Waals surface area contributed by atoms with Crippen molar-refractivity contribution in [1.82, 2.24) is 35.5 Å². The molecule has 2 aliphatic heterocycles. The maximum atomic E-state index is 4.93. The van der Waals surface area contributed by atoms with Crippen molar-refractivity contribution in [2.45, 2.75) is 0 Å². The first kappa shape index (κ1) is 14.2. The molecule has 3 N–H and O–H groups in total. The predicted molar refractivity (Wildman–Crippen MR) is 98.8 cm³/mol. The Morgan fingerprint density at radius 2 is 1.96 bits per heavy atom. The Morgan fingerprint density at radius 3 is 2.85 bits per heavy atom. The van der Waals surface area contributed by atoms with Crippen LogP contribution in [-0.4, -0.2) is 56.3 Å². The number of hydrogen-bond donors (Lipinski definition) is 3. The molecule has 0 spiro atoms. The molecule has 6 rings (SSSR count). The normalized spacial score (nSPS) is 22.5. The molecule has 130 valence electrons. The fraction of sp³-hybridized carbons (Fsp3) is 0.333. The third-order valence-electron chi connectivity index (χ3n) is 5.66. The van der Waals surface area contributed by atoms with Gasteiger partial charge in [-0.1, -0.05) is 12.1 Å². The average Bonchev–Trinajstić information content (AvgIpc) is 3.42. The minimum Gasteiger partial charge on any atom is -0.341 e. The summed E-state index contributed by atoms with van der Waals surface area (Å²) in [5.41, 5.74) is 4.49. The number of imidazole rings is 1.